The largest absolute Gasteiger partial charge is 0.508 e. The lowest BCUT2D eigenvalue weighted by Gasteiger charge is -2.27. The molecule has 0 fully saturated rings. The van der Waals surface area contributed by atoms with Gasteiger partial charge in [-0.05, 0) is 35.1 Å². The van der Waals surface area contributed by atoms with E-state index in [1.54, 1.807) is 12.1 Å². The standard InChI is InChI=1S/C27H37N3O5/c1-5-18(4)24(27(34)35-16-20-9-7-6-8-10-20)30-25(32)22(29-26(33)23(28)17(2)3)15-19-11-13-21(31)14-12-19/h6-14,17-18,22-24,31H,5,15-16,28H2,1-4H3,(H,29,33)(H,30,32)/t18-,22-,23-,24-/m0/s1. The number of benzene rings is 2. The summed E-state index contributed by atoms with van der Waals surface area (Å²) < 4.78 is 5.49. The summed E-state index contributed by atoms with van der Waals surface area (Å²) >= 11 is 0. The number of esters is 1. The summed E-state index contributed by atoms with van der Waals surface area (Å²) in [5, 5.41) is 15.1. The predicted octanol–water partition coefficient (Wildman–Crippen LogP) is 2.68. The number of carbonyl (C=O) groups excluding carboxylic acids is 3. The number of nitrogens with one attached hydrogen (secondary N) is 2. The SMILES string of the molecule is CC[C@H](C)[C@H](NC(=O)[C@H](Cc1ccc(O)cc1)NC(=O)[C@@H](N)C(C)C)C(=O)OCc1ccccc1. The van der Waals surface area contributed by atoms with Crippen molar-refractivity contribution in [2.45, 2.75) is 65.3 Å². The third kappa shape index (κ3) is 8.72. The zero-order valence-corrected chi connectivity index (χ0v) is 20.9. The maximum Gasteiger partial charge on any atom is 0.329 e. The average Bonchev–Trinajstić information content (AvgIpc) is 2.86. The molecule has 8 heteroatoms. The van der Waals surface area contributed by atoms with Crippen LogP contribution in [0.5, 0.6) is 5.75 Å². The van der Waals surface area contributed by atoms with Gasteiger partial charge in [0, 0.05) is 6.42 Å². The number of amides is 2. The monoisotopic (exact) mass is 483 g/mol. The van der Waals surface area contributed by atoms with Crippen LogP contribution in [0.25, 0.3) is 0 Å². The first-order valence-electron chi connectivity index (χ1n) is 12.0. The molecule has 0 radical (unpaired) electrons. The zero-order valence-electron chi connectivity index (χ0n) is 20.9. The molecule has 0 spiro atoms. The van der Waals surface area contributed by atoms with Crippen LogP contribution in [0.1, 0.15) is 45.2 Å². The molecule has 0 aliphatic carbocycles. The van der Waals surface area contributed by atoms with Crippen LogP contribution < -0.4 is 16.4 Å². The summed E-state index contributed by atoms with van der Waals surface area (Å²) in [5.41, 5.74) is 7.56. The molecular weight excluding hydrogens is 446 g/mol. The molecule has 0 saturated heterocycles. The van der Waals surface area contributed by atoms with Crippen LogP contribution in [0.2, 0.25) is 0 Å². The number of ether oxygens (including phenoxy) is 1. The number of phenols is 1. The molecule has 0 heterocycles. The van der Waals surface area contributed by atoms with Crippen LogP contribution in [0.15, 0.2) is 54.6 Å². The number of rotatable bonds is 12. The van der Waals surface area contributed by atoms with Gasteiger partial charge in [0.05, 0.1) is 6.04 Å². The molecule has 0 aliphatic rings. The highest BCUT2D eigenvalue weighted by Gasteiger charge is 2.32. The van der Waals surface area contributed by atoms with Crippen molar-refractivity contribution >= 4 is 17.8 Å². The van der Waals surface area contributed by atoms with Gasteiger partial charge in [-0.25, -0.2) is 4.79 Å². The van der Waals surface area contributed by atoms with Crippen molar-refractivity contribution in [3.8, 4) is 5.75 Å². The second-order valence-electron chi connectivity index (χ2n) is 9.17. The molecule has 2 aromatic carbocycles. The lowest BCUT2D eigenvalue weighted by atomic mass is 9.97. The number of phenolic OH excluding ortho intramolecular Hbond substituents is 1. The summed E-state index contributed by atoms with van der Waals surface area (Å²) in [5.74, 6) is -1.71. The van der Waals surface area contributed by atoms with Crippen LogP contribution in [-0.4, -0.2) is 41.0 Å². The van der Waals surface area contributed by atoms with Gasteiger partial charge in [0.25, 0.3) is 0 Å². The molecule has 0 saturated carbocycles. The summed E-state index contributed by atoms with van der Waals surface area (Å²) in [6.45, 7) is 7.52. The van der Waals surface area contributed by atoms with Gasteiger partial charge < -0.3 is 26.2 Å². The van der Waals surface area contributed by atoms with Crippen molar-refractivity contribution in [3.05, 3.63) is 65.7 Å². The van der Waals surface area contributed by atoms with E-state index in [1.807, 2.05) is 58.0 Å². The summed E-state index contributed by atoms with van der Waals surface area (Å²) in [7, 11) is 0. The van der Waals surface area contributed by atoms with E-state index in [-0.39, 0.29) is 30.6 Å². The molecule has 8 nitrogen and oxygen atoms in total. The van der Waals surface area contributed by atoms with Gasteiger partial charge >= 0.3 is 5.97 Å². The minimum absolute atomic E-state index is 0.0959. The zero-order chi connectivity index (χ0) is 26.0. The first-order chi connectivity index (χ1) is 16.6. The molecule has 35 heavy (non-hydrogen) atoms. The Balaban J connectivity index is 2.18. The first-order valence-corrected chi connectivity index (χ1v) is 12.0. The highest BCUT2D eigenvalue weighted by atomic mass is 16.5. The van der Waals surface area contributed by atoms with Crippen molar-refractivity contribution in [3.63, 3.8) is 0 Å². The number of hydrogen-bond acceptors (Lipinski definition) is 6. The van der Waals surface area contributed by atoms with Crippen molar-refractivity contribution in [2.75, 3.05) is 0 Å². The van der Waals surface area contributed by atoms with E-state index in [0.29, 0.717) is 6.42 Å². The van der Waals surface area contributed by atoms with E-state index < -0.39 is 35.9 Å². The highest BCUT2D eigenvalue weighted by molar-refractivity contribution is 5.92. The smallest absolute Gasteiger partial charge is 0.329 e. The second-order valence-corrected chi connectivity index (χ2v) is 9.17. The summed E-state index contributed by atoms with van der Waals surface area (Å²) in [6.07, 6.45) is 0.799. The fourth-order valence-electron chi connectivity index (χ4n) is 3.39. The number of carbonyl (C=O) groups is 3. The first kappa shape index (κ1) is 27.9. The molecule has 2 amide bonds. The van der Waals surface area contributed by atoms with Gasteiger partial charge in [0.1, 0.15) is 24.4 Å². The van der Waals surface area contributed by atoms with Crippen molar-refractivity contribution in [1.29, 1.82) is 0 Å². The van der Waals surface area contributed by atoms with E-state index in [2.05, 4.69) is 10.6 Å². The Kier molecular flexibility index (Phi) is 10.7. The highest BCUT2D eigenvalue weighted by Crippen LogP contribution is 2.14. The minimum Gasteiger partial charge on any atom is -0.508 e. The van der Waals surface area contributed by atoms with Crippen LogP contribution in [-0.2, 0) is 32.1 Å². The number of aromatic hydroxyl groups is 1. The van der Waals surface area contributed by atoms with Gasteiger partial charge in [-0.15, -0.1) is 0 Å². The quantitative estimate of drug-likeness (QED) is 0.343. The van der Waals surface area contributed by atoms with E-state index in [0.717, 1.165) is 11.1 Å². The van der Waals surface area contributed by atoms with Crippen molar-refractivity contribution < 1.29 is 24.2 Å². The summed E-state index contributed by atoms with van der Waals surface area (Å²) in [4.78, 5) is 38.9. The van der Waals surface area contributed by atoms with Crippen LogP contribution >= 0.6 is 0 Å². The Hall–Kier alpha value is -3.39. The molecule has 2 aromatic rings. The average molecular weight is 484 g/mol. The molecule has 0 unspecified atom stereocenters. The van der Waals surface area contributed by atoms with Gasteiger partial charge in [0.15, 0.2) is 0 Å². The summed E-state index contributed by atoms with van der Waals surface area (Å²) in [6, 6.07) is 13.0. The normalized spacial score (nSPS) is 14.5. The fourth-order valence-corrected chi connectivity index (χ4v) is 3.39. The third-order valence-corrected chi connectivity index (χ3v) is 6.02. The number of hydrogen-bond donors (Lipinski definition) is 4. The maximum absolute atomic E-state index is 13.3. The Bertz CT molecular complexity index is 963. The van der Waals surface area contributed by atoms with E-state index in [9.17, 15) is 19.5 Å². The number of nitrogens with two attached hydrogens (primary N) is 1. The molecule has 0 aliphatic heterocycles. The molecule has 2 rings (SSSR count). The van der Waals surface area contributed by atoms with E-state index in [1.165, 1.54) is 12.1 Å². The van der Waals surface area contributed by atoms with Crippen LogP contribution in [0.3, 0.4) is 0 Å². The third-order valence-electron chi connectivity index (χ3n) is 6.02. The van der Waals surface area contributed by atoms with Gasteiger partial charge in [-0.1, -0.05) is 76.6 Å². The molecule has 0 aromatic heterocycles. The lowest BCUT2D eigenvalue weighted by molar-refractivity contribution is -0.151. The maximum atomic E-state index is 13.3. The molecule has 4 atom stereocenters. The Morgan fingerprint density at radius 2 is 1.54 bits per heavy atom. The second kappa shape index (κ2) is 13.5. The van der Waals surface area contributed by atoms with Gasteiger partial charge in [-0.3, -0.25) is 9.59 Å². The molecular formula is C27H37N3O5. The Morgan fingerprint density at radius 3 is 2.11 bits per heavy atom. The molecule has 0 bridgehead atoms. The predicted molar refractivity (Wildman–Crippen MR) is 134 cm³/mol. The molecule has 190 valence electrons. The van der Waals surface area contributed by atoms with Gasteiger partial charge in [-0.2, -0.15) is 0 Å². The Morgan fingerprint density at radius 1 is 0.914 bits per heavy atom. The molecule has 5 N–H and O–H groups in total. The minimum atomic E-state index is -0.967. The topological polar surface area (TPSA) is 131 Å². The van der Waals surface area contributed by atoms with Gasteiger partial charge in [0.2, 0.25) is 11.8 Å². The Labute approximate surface area is 207 Å². The van der Waals surface area contributed by atoms with Crippen molar-refractivity contribution in [1.82, 2.24) is 10.6 Å². The van der Waals surface area contributed by atoms with E-state index >= 15 is 0 Å². The van der Waals surface area contributed by atoms with Crippen molar-refractivity contribution in [2.24, 2.45) is 17.6 Å². The van der Waals surface area contributed by atoms with Crippen LogP contribution in [0.4, 0.5) is 0 Å². The lowest BCUT2D eigenvalue weighted by Crippen LogP contribution is -2.57. The van der Waals surface area contributed by atoms with E-state index in [4.69, 9.17) is 10.5 Å². The van der Waals surface area contributed by atoms with Crippen LogP contribution in [0, 0.1) is 11.8 Å². The fraction of sp³-hybridized carbons (Fsp3) is 0.444.